The fourth-order valence-corrected chi connectivity index (χ4v) is 8.83. The average molecular weight is 589 g/mol. The summed E-state index contributed by atoms with van der Waals surface area (Å²) in [5.74, 6) is 0.881. The molecule has 1 saturated heterocycles. The number of nitrogens with one attached hydrogen (secondary N) is 1. The number of hydrogen-bond donors (Lipinski definition) is 1. The quantitative estimate of drug-likeness (QED) is 0.275. The fraction of sp³-hybridized carbons (Fsp3) is 0.367. The fourth-order valence-electron chi connectivity index (χ4n) is 6.08. The highest BCUT2D eigenvalue weighted by Gasteiger charge is 2.48. The molecule has 1 fully saturated rings. The Hall–Kier alpha value is -2.79. The first-order valence-corrected chi connectivity index (χ1v) is 16.5. The monoisotopic (exact) mass is 588 g/mol. The van der Waals surface area contributed by atoms with Crippen LogP contribution >= 0.6 is 23.1 Å². The predicted molar refractivity (Wildman–Crippen MR) is 165 cm³/mol. The Labute approximate surface area is 245 Å². The van der Waals surface area contributed by atoms with Crippen molar-refractivity contribution in [3.8, 4) is 0 Å². The molecule has 1 unspecified atom stereocenters. The number of fused-ring (bicyclic) bond motifs is 3. The second-order valence-electron chi connectivity index (χ2n) is 11.8. The molecule has 7 nitrogen and oxygen atoms in total. The average Bonchev–Trinajstić information content (AvgIpc) is 3.69. The van der Waals surface area contributed by atoms with Crippen molar-refractivity contribution in [2.75, 3.05) is 18.0 Å². The summed E-state index contributed by atoms with van der Waals surface area (Å²) in [6.45, 7) is 7.73. The van der Waals surface area contributed by atoms with E-state index in [-0.39, 0.29) is 16.2 Å². The molecule has 2 atom stereocenters. The van der Waals surface area contributed by atoms with Gasteiger partial charge in [0.25, 0.3) is 0 Å². The van der Waals surface area contributed by atoms with Crippen LogP contribution in [0.5, 0.6) is 0 Å². The lowest BCUT2D eigenvalue weighted by Crippen LogP contribution is -2.60. The second-order valence-corrected chi connectivity index (χ2v) is 15.8. The van der Waals surface area contributed by atoms with E-state index in [0.717, 1.165) is 64.0 Å². The maximum atomic E-state index is 13.4. The lowest BCUT2D eigenvalue weighted by molar-refractivity contribution is 0.181. The molecule has 0 radical (unpaired) electrons. The van der Waals surface area contributed by atoms with Crippen molar-refractivity contribution in [2.45, 2.75) is 60.6 Å². The first-order valence-electron chi connectivity index (χ1n) is 13.6. The van der Waals surface area contributed by atoms with E-state index >= 15 is 0 Å². The van der Waals surface area contributed by atoms with Crippen molar-refractivity contribution in [3.63, 3.8) is 0 Å². The molecule has 0 saturated carbocycles. The summed E-state index contributed by atoms with van der Waals surface area (Å²) in [6.07, 6.45) is 10.7. The van der Waals surface area contributed by atoms with Crippen LogP contribution in [0.15, 0.2) is 76.4 Å². The number of pyridine rings is 1. The molecule has 0 amide bonds. The van der Waals surface area contributed by atoms with Gasteiger partial charge in [-0.3, -0.25) is 4.40 Å². The van der Waals surface area contributed by atoms with Gasteiger partial charge in [-0.1, -0.05) is 36.0 Å². The van der Waals surface area contributed by atoms with Gasteiger partial charge in [0.2, 0.25) is 5.95 Å². The minimum Gasteiger partial charge on any atom is -0.340 e. The van der Waals surface area contributed by atoms with Gasteiger partial charge < -0.3 is 4.90 Å². The molecular weight excluding hydrogens is 557 g/mol. The van der Waals surface area contributed by atoms with Crippen LogP contribution in [-0.2, 0) is 23.8 Å². The Morgan fingerprint density at radius 3 is 2.62 bits per heavy atom. The number of imidazole rings is 1. The van der Waals surface area contributed by atoms with Gasteiger partial charge in [0, 0.05) is 54.2 Å². The zero-order chi connectivity index (χ0) is 27.5. The second kappa shape index (κ2) is 9.94. The summed E-state index contributed by atoms with van der Waals surface area (Å²) >= 11 is 3.33. The molecule has 1 spiro atoms. The molecule has 5 aromatic rings. The summed E-state index contributed by atoms with van der Waals surface area (Å²) in [5, 5.41) is 3.24. The van der Waals surface area contributed by atoms with Crippen LogP contribution in [0.25, 0.3) is 15.9 Å². The van der Waals surface area contributed by atoms with Gasteiger partial charge in [-0.15, -0.1) is 11.3 Å². The minimum absolute atomic E-state index is 0.0399. The Kier molecular flexibility index (Phi) is 6.49. The molecular formula is C30H32N6OS3. The third-order valence-electron chi connectivity index (χ3n) is 8.24. The minimum atomic E-state index is -1.17. The number of anilines is 1. The molecule has 206 valence electrons. The van der Waals surface area contributed by atoms with Crippen molar-refractivity contribution in [2.24, 2.45) is 5.41 Å². The van der Waals surface area contributed by atoms with E-state index < -0.39 is 11.0 Å². The molecule has 1 aliphatic carbocycles. The molecule has 40 heavy (non-hydrogen) atoms. The third kappa shape index (κ3) is 4.55. The molecule has 10 heteroatoms. The largest absolute Gasteiger partial charge is 0.340 e. The number of aromatic nitrogens is 4. The SMILES string of the molecule is CC(C)(C)[S@@](=O)NC1CN(c2ncc(Sc3ccnc4sccc34)c3nccn23)CCC12Cc1ccccc1C2. The highest BCUT2D eigenvalue weighted by atomic mass is 32.2. The molecule has 1 aromatic carbocycles. The van der Waals surface area contributed by atoms with Gasteiger partial charge >= 0.3 is 0 Å². The Bertz CT molecular complexity index is 1710. The maximum Gasteiger partial charge on any atom is 0.211 e. The molecule has 0 bridgehead atoms. The first-order chi connectivity index (χ1) is 19.3. The smallest absolute Gasteiger partial charge is 0.211 e. The zero-order valence-electron chi connectivity index (χ0n) is 22.8. The van der Waals surface area contributed by atoms with E-state index in [2.05, 4.69) is 60.8 Å². The highest BCUT2D eigenvalue weighted by molar-refractivity contribution is 7.99. The van der Waals surface area contributed by atoms with E-state index in [9.17, 15) is 4.21 Å². The molecule has 1 aliphatic heterocycles. The van der Waals surface area contributed by atoms with E-state index in [0.29, 0.717) is 0 Å². The van der Waals surface area contributed by atoms with Crippen LogP contribution in [0.3, 0.4) is 0 Å². The summed E-state index contributed by atoms with van der Waals surface area (Å²) in [4.78, 5) is 19.8. The van der Waals surface area contributed by atoms with Crippen molar-refractivity contribution in [3.05, 3.63) is 77.7 Å². The van der Waals surface area contributed by atoms with Crippen LogP contribution in [0.2, 0.25) is 0 Å². The van der Waals surface area contributed by atoms with E-state index in [1.807, 2.05) is 45.6 Å². The van der Waals surface area contributed by atoms with Gasteiger partial charge in [-0.05, 0) is 74.1 Å². The number of piperidine rings is 1. The Balaban J connectivity index is 1.21. The van der Waals surface area contributed by atoms with Gasteiger partial charge in [-0.25, -0.2) is 23.9 Å². The Morgan fingerprint density at radius 2 is 1.85 bits per heavy atom. The summed E-state index contributed by atoms with van der Waals surface area (Å²) in [7, 11) is -1.17. The van der Waals surface area contributed by atoms with Crippen molar-refractivity contribution >= 4 is 55.9 Å². The normalized spacial score (nSPS) is 19.5. The van der Waals surface area contributed by atoms with Crippen LogP contribution in [0.1, 0.15) is 38.3 Å². The number of rotatable bonds is 5. The van der Waals surface area contributed by atoms with Crippen LogP contribution in [0, 0.1) is 5.41 Å². The molecule has 1 N–H and O–H groups in total. The van der Waals surface area contributed by atoms with Crippen LogP contribution in [0.4, 0.5) is 5.95 Å². The zero-order valence-corrected chi connectivity index (χ0v) is 25.3. The van der Waals surface area contributed by atoms with Crippen molar-refractivity contribution in [1.29, 1.82) is 0 Å². The van der Waals surface area contributed by atoms with Gasteiger partial charge in [-0.2, -0.15) is 0 Å². The summed E-state index contributed by atoms with van der Waals surface area (Å²) in [6, 6.07) is 13.0. The standard InChI is InChI=1S/C30H32N6OS3/c1-29(2,3)40(37)34-25-19-35(13-10-30(25)16-20-6-4-5-7-21(20)17-30)28-33-18-24(26-31-12-14-36(26)28)39-23-8-11-32-27-22(23)9-15-38-27/h4-9,11-12,14-15,18,25,34H,10,13,16-17,19H2,1-3H3/t25?,40-/m1/s1. The van der Waals surface area contributed by atoms with Crippen molar-refractivity contribution in [1.82, 2.24) is 24.1 Å². The van der Waals surface area contributed by atoms with Crippen LogP contribution < -0.4 is 9.62 Å². The lowest BCUT2D eigenvalue weighted by atomic mass is 9.72. The molecule has 5 heterocycles. The summed E-state index contributed by atoms with van der Waals surface area (Å²) < 4.78 is 18.8. The predicted octanol–water partition coefficient (Wildman–Crippen LogP) is 5.91. The van der Waals surface area contributed by atoms with Gasteiger partial charge in [0.15, 0.2) is 5.65 Å². The van der Waals surface area contributed by atoms with Gasteiger partial charge in [0.05, 0.1) is 20.6 Å². The summed E-state index contributed by atoms with van der Waals surface area (Å²) in [5.41, 5.74) is 3.79. The first kappa shape index (κ1) is 26.1. The van der Waals surface area contributed by atoms with Crippen molar-refractivity contribution < 1.29 is 4.21 Å². The Morgan fingerprint density at radius 1 is 1.05 bits per heavy atom. The number of thiophene rings is 1. The van der Waals surface area contributed by atoms with Crippen LogP contribution in [-0.4, -0.2) is 47.4 Å². The third-order valence-corrected chi connectivity index (χ3v) is 11.8. The van der Waals surface area contributed by atoms with E-state index in [4.69, 9.17) is 9.97 Å². The molecule has 4 aromatic heterocycles. The number of benzene rings is 1. The topological polar surface area (TPSA) is 75.4 Å². The lowest BCUT2D eigenvalue weighted by Gasteiger charge is -2.47. The van der Waals surface area contributed by atoms with E-state index in [1.165, 1.54) is 11.1 Å². The number of nitrogens with zero attached hydrogens (tertiary/aromatic N) is 5. The van der Waals surface area contributed by atoms with Gasteiger partial charge in [0.1, 0.15) is 4.83 Å². The molecule has 2 aliphatic rings. The van der Waals surface area contributed by atoms with E-state index in [1.54, 1.807) is 23.1 Å². The molecule has 7 rings (SSSR count). The maximum absolute atomic E-state index is 13.4. The highest BCUT2D eigenvalue weighted by Crippen LogP contribution is 2.46. The number of hydrogen-bond acceptors (Lipinski definition) is 7.